The van der Waals surface area contributed by atoms with Crippen LogP contribution in [-0.4, -0.2) is 29.6 Å². The number of allylic oxidation sites excluding steroid dienone is 1. The molecule has 152 valence electrons. The molecule has 0 atom stereocenters. The van der Waals surface area contributed by atoms with E-state index in [2.05, 4.69) is 15.8 Å². The van der Waals surface area contributed by atoms with Crippen molar-refractivity contribution in [3.63, 3.8) is 0 Å². The summed E-state index contributed by atoms with van der Waals surface area (Å²) in [5.74, 6) is -0.774. The summed E-state index contributed by atoms with van der Waals surface area (Å²) >= 11 is 0. The topological polar surface area (TPSA) is 65.5 Å². The van der Waals surface area contributed by atoms with Gasteiger partial charge in [0.1, 0.15) is 5.60 Å². The number of benzene rings is 1. The second kappa shape index (κ2) is 10.4. The summed E-state index contributed by atoms with van der Waals surface area (Å²) in [6.07, 6.45) is 11.2. The minimum atomic E-state index is -0.534. The van der Waals surface area contributed by atoms with Crippen LogP contribution in [0.3, 0.4) is 0 Å². The van der Waals surface area contributed by atoms with Crippen molar-refractivity contribution in [1.29, 1.82) is 0 Å². The Kier molecular flexibility index (Phi) is 7.89. The fraction of sp³-hybridized carbons (Fsp3) is 0.292. The van der Waals surface area contributed by atoms with Crippen molar-refractivity contribution in [3.05, 3.63) is 83.2 Å². The molecule has 5 heteroatoms. The number of nitrogens with zero attached hydrogens (tertiary/aromatic N) is 1. The van der Waals surface area contributed by atoms with Crippen LogP contribution in [0, 0.1) is 0 Å². The quantitative estimate of drug-likeness (QED) is 0.518. The number of rotatable bonds is 7. The Morgan fingerprint density at radius 3 is 2.45 bits per heavy atom. The molecule has 0 amide bonds. The summed E-state index contributed by atoms with van der Waals surface area (Å²) in [5, 5.41) is 0. The second-order valence-corrected chi connectivity index (χ2v) is 7.62. The van der Waals surface area contributed by atoms with Crippen LogP contribution in [0.25, 0.3) is 6.08 Å². The molecular weight excluding hydrogens is 366 g/mol. The van der Waals surface area contributed by atoms with Crippen molar-refractivity contribution < 1.29 is 19.1 Å². The van der Waals surface area contributed by atoms with Crippen molar-refractivity contribution in [2.75, 3.05) is 7.11 Å². The molecule has 0 spiro atoms. The van der Waals surface area contributed by atoms with E-state index >= 15 is 0 Å². The van der Waals surface area contributed by atoms with Gasteiger partial charge >= 0.3 is 11.9 Å². The van der Waals surface area contributed by atoms with Crippen LogP contribution in [0.2, 0.25) is 0 Å². The van der Waals surface area contributed by atoms with Gasteiger partial charge in [-0.15, -0.1) is 0 Å². The van der Waals surface area contributed by atoms with Gasteiger partial charge in [-0.2, -0.15) is 0 Å². The molecule has 5 nitrogen and oxygen atoms in total. The number of hydrogen-bond donors (Lipinski definition) is 0. The summed E-state index contributed by atoms with van der Waals surface area (Å²) in [6, 6.07) is 10.0. The zero-order chi connectivity index (χ0) is 21.3. The molecule has 0 aliphatic rings. The van der Waals surface area contributed by atoms with Gasteiger partial charge in [-0.3, -0.25) is 4.98 Å². The second-order valence-electron chi connectivity index (χ2n) is 7.62. The molecule has 1 aromatic carbocycles. The molecule has 1 heterocycles. The summed E-state index contributed by atoms with van der Waals surface area (Å²) in [7, 11) is 1.35. The molecule has 0 bridgehead atoms. The first-order valence-corrected chi connectivity index (χ1v) is 9.42. The zero-order valence-corrected chi connectivity index (χ0v) is 17.3. The Labute approximate surface area is 172 Å². The fourth-order valence-corrected chi connectivity index (χ4v) is 2.71. The van der Waals surface area contributed by atoms with E-state index in [1.54, 1.807) is 18.3 Å². The Morgan fingerprint density at radius 2 is 1.79 bits per heavy atom. The maximum atomic E-state index is 12.0. The van der Waals surface area contributed by atoms with Crippen LogP contribution < -0.4 is 0 Å². The molecule has 29 heavy (non-hydrogen) atoms. The molecule has 0 fully saturated rings. The number of aromatic nitrogens is 1. The number of methoxy groups -OCH3 is 1. The van der Waals surface area contributed by atoms with E-state index < -0.39 is 5.60 Å². The predicted octanol–water partition coefficient (Wildman–Crippen LogP) is 4.30. The van der Waals surface area contributed by atoms with Crippen LogP contribution in [0.4, 0.5) is 0 Å². The summed E-state index contributed by atoms with van der Waals surface area (Å²) in [6.45, 7) is 5.50. The lowest BCUT2D eigenvalue weighted by Crippen LogP contribution is -2.22. The van der Waals surface area contributed by atoms with Crippen LogP contribution in [0.15, 0.2) is 61.0 Å². The van der Waals surface area contributed by atoms with Gasteiger partial charge in [0.25, 0.3) is 0 Å². The van der Waals surface area contributed by atoms with Gasteiger partial charge in [-0.1, -0.05) is 30.3 Å². The molecular formula is C24H27NO4. The van der Waals surface area contributed by atoms with Gasteiger partial charge < -0.3 is 9.47 Å². The normalized spacial score (nSPS) is 11.7. The van der Waals surface area contributed by atoms with Gasteiger partial charge in [0.15, 0.2) is 0 Å². The minimum Gasteiger partial charge on any atom is -0.466 e. The first-order valence-electron chi connectivity index (χ1n) is 9.42. The summed E-state index contributed by atoms with van der Waals surface area (Å²) in [4.78, 5) is 27.4. The Hall–Kier alpha value is -3.21. The first kappa shape index (κ1) is 22.1. The molecule has 2 rings (SSSR count). The monoisotopic (exact) mass is 393 g/mol. The molecule has 1 aromatic heterocycles. The van der Waals surface area contributed by atoms with Gasteiger partial charge in [0, 0.05) is 24.5 Å². The van der Waals surface area contributed by atoms with E-state index in [9.17, 15) is 9.59 Å². The van der Waals surface area contributed by atoms with Crippen molar-refractivity contribution >= 4 is 18.0 Å². The third-order valence-corrected chi connectivity index (χ3v) is 3.83. The van der Waals surface area contributed by atoms with Crippen LogP contribution >= 0.6 is 0 Å². The smallest absolute Gasteiger partial charge is 0.331 e. The average Bonchev–Trinajstić information content (AvgIpc) is 2.65. The van der Waals surface area contributed by atoms with E-state index in [4.69, 9.17) is 4.74 Å². The Morgan fingerprint density at radius 1 is 1.03 bits per heavy atom. The Balaban J connectivity index is 2.24. The van der Waals surface area contributed by atoms with E-state index in [1.165, 1.54) is 19.3 Å². The van der Waals surface area contributed by atoms with Crippen molar-refractivity contribution in [1.82, 2.24) is 4.98 Å². The van der Waals surface area contributed by atoms with Crippen LogP contribution in [-0.2, 0) is 31.9 Å². The number of carbonyl (C=O) groups excluding carboxylic acids is 2. The van der Waals surface area contributed by atoms with E-state index in [1.807, 2.05) is 51.2 Å². The molecule has 0 radical (unpaired) electrons. The molecule has 0 saturated heterocycles. The lowest BCUT2D eigenvalue weighted by Gasteiger charge is -2.17. The van der Waals surface area contributed by atoms with E-state index in [0.29, 0.717) is 6.42 Å². The maximum absolute atomic E-state index is 12.0. The van der Waals surface area contributed by atoms with E-state index in [0.717, 1.165) is 28.7 Å². The number of pyridine rings is 1. The summed E-state index contributed by atoms with van der Waals surface area (Å²) < 4.78 is 9.95. The molecule has 2 aromatic rings. The number of carbonyl (C=O) groups is 2. The highest BCUT2D eigenvalue weighted by Gasteiger charge is 2.13. The highest BCUT2D eigenvalue weighted by molar-refractivity contribution is 5.87. The fourth-order valence-electron chi connectivity index (χ4n) is 2.71. The lowest BCUT2D eigenvalue weighted by molar-refractivity contribution is -0.148. The van der Waals surface area contributed by atoms with Crippen molar-refractivity contribution in [2.24, 2.45) is 0 Å². The van der Waals surface area contributed by atoms with Crippen molar-refractivity contribution in [3.8, 4) is 0 Å². The van der Waals surface area contributed by atoms with Crippen molar-refractivity contribution in [2.45, 2.75) is 39.2 Å². The molecule has 0 N–H and O–H groups in total. The SMILES string of the molecule is COC(=O)/C=C/Cc1cc(/C=C/C(=O)OC(C)(C)C)cc(Cc2cccnc2)c1. The molecule has 0 saturated carbocycles. The van der Waals surface area contributed by atoms with Gasteiger partial charge in [0.05, 0.1) is 7.11 Å². The largest absolute Gasteiger partial charge is 0.466 e. The molecule has 0 aliphatic carbocycles. The standard InChI is InChI=1S/C24H27NO4/c1-24(2,3)29-23(27)11-10-19-13-18(7-5-9-22(26)28-4)14-21(15-19)16-20-8-6-12-25-17-20/h5-6,8-15,17H,7,16H2,1-4H3/b9-5+,11-10+. The third-order valence-electron chi connectivity index (χ3n) is 3.83. The molecule has 0 aliphatic heterocycles. The summed E-state index contributed by atoms with van der Waals surface area (Å²) in [5.41, 5.74) is 3.56. The first-order chi connectivity index (χ1) is 13.7. The maximum Gasteiger partial charge on any atom is 0.331 e. The van der Waals surface area contributed by atoms with Crippen LogP contribution in [0.1, 0.15) is 43.0 Å². The van der Waals surface area contributed by atoms with Crippen LogP contribution in [0.5, 0.6) is 0 Å². The van der Waals surface area contributed by atoms with Gasteiger partial charge in [-0.25, -0.2) is 9.59 Å². The minimum absolute atomic E-state index is 0.387. The van der Waals surface area contributed by atoms with Gasteiger partial charge in [0.2, 0.25) is 0 Å². The highest BCUT2D eigenvalue weighted by atomic mass is 16.6. The molecule has 0 unspecified atom stereocenters. The van der Waals surface area contributed by atoms with Gasteiger partial charge in [-0.05, 0) is 68.0 Å². The van der Waals surface area contributed by atoms with E-state index in [-0.39, 0.29) is 11.9 Å². The third kappa shape index (κ3) is 8.56. The predicted molar refractivity (Wildman–Crippen MR) is 113 cm³/mol. The highest BCUT2D eigenvalue weighted by Crippen LogP contribution is 2.17. The number of ether oxygens (including phenoxy) is 2. The number of hydrogen-bond acceptors (Lipinski definition) is 5. The zero-order valence-electron chi connectivity index (χ0n) is 17.3. The number of esters is 2. The average molecular weight is 393 g/mol. The lowest BCUT2D eigenvalue weighted by atomic mass is 9.98. The Bertz CT molecular complexity index is 893.